The Bertz CT molecular complexity index is 674. The van der Waals surface area contributed by atoms with Gasteiger partial charge in [0.2, 0.25) is 5.78 Å². The first-order chi connectivity index (χ1) is 10.0. The van der Waals surface area contributed by atoms with Crippen LogP contribution in [0.15, 0.2) is 42.5 Å². The van der Waals surface area contributed by atoms with Gasteiger partial charge in [0.05, 0.1) is 0 Å². The van der Waals surface area contributed by atoms with Crippen molar-refractivity contribution >= 4 is 12.1 Å². The monoisotopic (exact) mass is 282 g/mol. The average molecular weight is 282 g/mol. The van der Waals surface area contributed by atoms with Crippen molar-refractivity contribution in [3.05, 3.63) is 64.7 Å². The highest BCUT2D eigenvalue weighted by molar-refractivity contribution is 5.99. The maximum Gasteiger partial charge on any atom is 0.203 e. The van der Waals surface area contributed by atoms with E-state index < -0.39 is 6.10 Å². The van der Waals surface area contributed by atoms with Crippen molar-refractivity contribution in [3.63, 3.8) is 0 Å². The van der Waals surface area contributed by atoms with Gasteiger partial charge >= 0.3 is 0 Å². The molecule has 1 atom stereocenters. The van der Waals surface area contributed by atoms with Gasteiger partial charge in [-0.1, -0.05) is 24.3 Å². The summed E-state index contributed by atoms with van der Waals surface area (Å²) in [5, 5.41) is 0. The van der Waals surface area contributed by atoms with E-state index in [1.54, 1.807) is 31.2 Å². The SMILES string of the molecule is Cc1ccc(C(=O)C(C)Oc2cccc(C=O)c2)cc1C. The van der Waals surface area contributed by atoms with E-state index in [1.165, 1.54) is 0 Å². The number of ketones is 1. The van der Waals surface area contributed by atoms with Gasteiger partial charge in [-0.25, -0.2) is 0 Å². The summed E-state index contributed by atoms with van der Waals surface area (Å²) in [4.78, 5) is 23.1. The third-order valence-electron chi connectivity index (χ3n) is 3.47. The highest BCUT2D eigenvalue weighted by Crippen LogP contribution is 2.17. The van der Waals surface area contributed by atoms with Crippen LogP contribution in [0.3, 0.4) is 0 Å². The van der Waals surface area contributed by atoms with Crippen LogP contribution in [0.4, 0.5) is 0 Å². The summed E-state index contributed by atoms with van der Waals surface area (Å²) in [6.07, 6.45) is 0.150. The van der Waals surface area contributed by atoms with Crippen molar-refractivity contribution in [1.82, 2.24) is 0 Å². The zero-order valence-corrected chi connectivity index (χ0v) is 12.4. The first-order valence-electron chi connectivity index (χ1n) is 6.84. The van der Waals surface area contributed by atoms with Crippen LogP contribution in [0, 0.1) is 13.8 Å². The lowest BCUT2D eigenvalue weighted by atomic mass is 10.0. The van der Waals surface area contributed by atoms with E-state index in [0.29, 0.717) is 16.9 Å². The van der Waals surface area contributed by atoms with E-state index >= 15 is 0 Å². The lowest BCUT2D eigenvalue weighted by Gasteiger charge is -2.14. The molecule has 0 aliphatic heterocycles. The molecule has 0 heterocycles. The molecule has 0 fully saturated rings. The number of Topliss-reactive ketones (excluding diaryl/α,β-unsaturated/α-hetero) is 1. The van der Waals surface area contributed by atoms with Crippen LogP contribution in [0.25, 0.3) is 0 Å². The summed E-state index contributed by atoms with van der Waals surface area (Å²) < 4.78 is 5.63. The predicted molar refractivity (Wildman–Crippen MR) is 82.2 cm³/mol. The summed E-state index contributed by atoms with van der Waals surface area (Å²) in [6.45, 7) is 5.70. The first kappa shape index (κ1) is 15.0. The molecule has 0 saturated carbocycles. The third-order valence-corrected chi connectivity index (χ3v) is 3.47. The summed E-state index contributed by atoms with van der Waals surface area (Å²) in [6, 6.07) is 12.4. The average Bonchev–Trinajstić information content (AvgIpc) is 2.49. The highest BCUT2D eigenvalue weighted by atomic mass is 16.5. The van der Waals surface area contributed by atoms with Gasteiger partial charge in [-0.2, -0.15) is 0 Å². The van der Waals surface area contributed by atoms with Gasteiger partial charge in [-0.3, -0.25) is 9.59 Å². The Hall–Kier alpha value is -2.42. The number of carbonyl (C=O) groups is 2. The summed E-state index contributed by atoms with van der Waals surface area (Å²) in [5.74, 6) is 0.443. The molecule has 0 amide bonds. The molecule has 108 valence electrons. The fourth-order valence-electron chi connectivity index (χ4n) is 2.05. The molecular formula is C18H18O3. The standard InChI is InChI=1S/C18H18O3/c1-12-7-8-16(9-13(12)2)18(20)14(3)21-17-6-4-5-15(10-17)11-19/h4-11,14H,1-3H3. The minimum absolute atomic E-state index is 0.0744. The number of hydrogen-bond donors (Lipinski definition) is 0. The Morgan fingerprint density at radius 3 is 2.52 bits per heavy atom. The Balaban J connectivity index is 2.15. The maximum atomic E-state index is 12.4. The number of aldehydes is 1. The Morgan fingerprint density at radius 1 is 1.10 bits per heavy atom. The van der Waals surface area contributed by atoms with Crippen LogP contribution in [-0.4, -0.2) is 18.2 Å². The molecule has 2 rings (SSSR count). The number of ether oxygens (including phenoxy) is 1. The van der Waals surface area contributed by atoms with Gasteiger partial charge in [-0.15, -0.1) is 0 Å². The normalized spacial score (nSPS) is 11.8. The van der Waals surface area contributed by atoms with Crippen molar-refractivity contribution in [2.24, 2.45) is 0 Å². The van der Waals surface area contributed by atoms with Gasteiger partial charge < -0.3 is 4.74 Å². The molecule has 0 bridgehead atoms. The molecule has 2 aromatic carbocycles. The highest BCUT2D eigenvalue weighted by Gasteiger charge is 2.17. The molecule has 0 N–H and O–H groups in total. The molecule has 0 aliphatic carbocycles. The second-order valence-corrected chi connectivity index (χ2v) is 5.11. The first-order valence-corrected chi connectivity index (χ1v) is 6.84. The predicted octanol–water partition coefficient (Wildman–Crippen LogP) is 3.77. The van der Waals surface area contributed by atoms with Crippen LogP contribution in [-0.2, 0) is 0 Å². The lowest BCUT2D eigenvalue weighted by molar-refractivity contribution is 0.0818. The van der Waals surface area contributed by atoms with E-state index in [2.05, 4.69) is 0 Å². The largest absolute Gasteiger partial charge is 0.483 e. The minimum Gasteiger partial charge on any atom is -0.483 e. The number of benzene rings is 2. The summed E-state index contributed by atoms with van der Waals surface area (Å²) in [7, 11) is 0. The second kappa shape index (κ2) is 6.35. The number of rotatable bonds is 5. The maximum absolute atomic E-state index is 12.4. The van der Waals surface area contributed by atoms with Crippen molar-refractivity contribution in [1.29, 1.82) is 0 Å². The van der Waals surface area contributed by atoms with E-state index in [4.69, 9.17) is 4.74 Å². The van der Waals surface area contributed by atoms with Gasteiger partial charge in [0.1, 0.15) is 12.0 Å². The van der Waals surface area contributed by atoms with E-state index in [1.807, 2.05) is 32.0 Å². The van der Waals surface area contributed by atoms with Gasteiger partial charge in [0, 0.05) is 11.1 Å². The van der Waals surface area contributed by atoms with Crippen molar-refractivity contribution in [3.8, 4) is 5.75 Å². The molecule has 2 aromatic rings. The number of hydrogen-bond acceptors (Lipinski definition) is 3. The molecule has 0 aliphatic rings. The van der Waals surface area contributed by atoms with Crippen molar-refractivity contribution in [2.75, 3.05) is 0 Å². The Kier molecular flexibility index (Phi) is 4.53. The summed E-state index contributed by atoms with van der Waals surface area (Å²) in [5.41, 5.74) is 3.39. The molecule has 3 nitrogen and oxygen atoms in total. The molecule has 3 heteroatoms. The smallest absolute Gasteiger partial charge is 0.203 e. The van der Waals surface area contributed by atoms with Gasteiger partial charge in [0.15, 0.2) is 6.10 Å². The van der Waals surface area contributed by atoms with Crippen LogP contribution in [0.1, 0.15) is 38.8 Å². The fraction of sp³-hybridized carbons (Fsp3) is 0.222. The Morgan fingerprint density at radius 2 is 1.86 bits per heavy atom. The topological polar surface area (TPSA) is 43.4 Å². The van der Waals surface area contributed by atoms with E-state index in [0.717, 1.165) is 17.4 Å². The fourth-order valence-corrected chi connectivity index (χ4v) is 2.05. The Labute approximate surface area is 124 Å². The third kappa shape index (κ3) is 3.57. The van der Waals surface area contributed by atoms with Crippen LogP contribution >= 0.6 is 0 Å². The van der Waals surface area contributed by atoms with Crippen molar-refractivity contribution in [2.45, 2.75) is 26.9 Å². The van der Waals surface area contributed by atoms with E-state index in [-0.39, 0.29) is 5.78 Å². The zero-order valence-electron chi connectivity index (χ0n) is 12.4. The zero-order chi connectivity index (χ0) is 15.4. The quantitative estimate of drug-likeness (QED) is 0.619. The van der Waals surface area contributed by atoms with Crippen molar-refractivity contribution < 1.29 is 14.3 Å². The molecule has 0 radical (unpaired) electrons. The summed E-state index contributed by atoms with van der Waals surface area (Å²) >= 11 is 0. The van der Waals surface area contributed by atoms with E-state index in [9.17, 15) is 9.59 Å². The molecule has 0 aromatic heterocycles. The number of aryl methyl sites for hydroxylation is 2. The molecule has 0 spiro atoms. The van der Waals surface area contributed by atoms with Gasteiger partial charge in [-0.05, 0) is 50.1 Å². The van der Waals surface area contributed by atoms with Gasteiger partial charge in [0.25, 0.3) is 0 Å². The molecule has 0 saturated heterocycles. The molecular weight excluding hydrogens is 264 g/mol. The second-order valence-electron chi connectivity index (χ2n) is 5.11. The lowest BCUT2D eigenvalue weighted by Crippen LogP contribution is -2.24. The molecule has 1 unspecified atom stereocenters. The number of carbonyl (C=O) groups excluding carboxylic acids is 2. The minimum atomic E-state index is -0.603. The van der Waals surface area contributed by atoms with Crippen LogP contribution < -0.4 is 4.74 Å². The van der Waals surface area contributed by atoms with Crippen LogP contribution in [0.5, 0.6) is 5.75 Å². The van der Waals surface area contributed by atoms with Crippen LogP contribution in [0.2, 0.25) is 0 Å². The molecule has 21 heavy (non-hydrogen) atoms.